The molecule has 5 nitrogen and oxygen atoms in total. The summed E-state index contributed by atoms with van der Waals surface area (Å²) in [6.07, 6.45) is 1.92. The maximum absolute atomic E-state index is 10.9. The topological polar surface area (TPSA) is 94.1 Å². The molecule has 0 bridgehead atoms. The molecule has 0 aliphatic rings. The number of benzene rings is 3. The van der Waals surface area contributed by atoms with Gasteiger partial charge in [0, 0.05) is 0 Å². The molecule has 0 spiro atoms. The predicted molar refractivity (Wildman–Crippen MR) is 125 cm³/mol. The van der Waals surface area contributed by atoms with E-state index in [9.17, 15) is 4.79 Å². The van der Waals surface area contributed by atoms with Crippen LogP contribution in [0.15, 0.2) is 72.8 Å². The minimum absolute atomic E-state index is 0.0300. The Hall–Kier alpha value is -3.62. The summed E-state index contributed by atoms with van der Waals surface area (Å²) in [4.78, 5) is 10.9. The summed E-state index contributed by atoms with van der Waals surface area (Å²) in [5.41, 5.74) is 4.66. The van der Waals surface area contributed by atoms with E-state index in [0.717, 1.165) is 25.8 Å². The third kappa shape index (κ3) is 5.94. The molecule has 3 aromatic carbocycles. The summed E-state index contributed by atoms with van der Waals surface area (Å²) in [6, 6.07) is 24.1. The summed E-state index contributed by atoms with van der Waals surface area (Å²) in [7, 11) is 0. The molecule has 0 aliphatic heterocycles. The Balaban J connectivity index is 1.86. The monoisotopic (exact) mass is 520 g/mol. The van der Waals surface area contributed by atoms with Crippen LogP contribution in [0.5, 0.6) is 5.75 Å². The fourth-order valence-electron chi connectivity index (χ4n) is 3.01. The lowest BCUT2D eigenvalue weighted by Crippen LogP contribution is -2.02. The van der Waals surface area contributed by atoms with Gasteiger partial charge in [-0.1, -0.05) is 30.3 Å². The number of halogens is 1. The minimum Gasteiger partial charge on any atom is -0.488 e. The summed E-state index contributed by atoms with van der Waals surface area (Å²) in [5.74, 6) is -0.202. The molecular formula is C25H17IN2O3. The second-order valence-electron chi connectivity index (χ2n) is 6.64. The molecule has 6 heteroatoms. The van der Waals surface area contributed by atoms with E-state index in [1.54, 1.807) is 42.5 Å². The van der Waals surface area contributed by atoms with E-state index in [0.29, 0.717) is 23.5 Å². The average Bonchev–Trinajstić information content (AvgIpc) is 2.78. The SMILES string of the molecule is N#Cc1ccc(C(=CCOc2ccc(CC(=O)O)cc2I)c2ccc(C#N)cc2)cc1. The molecule has 0 amide bonds. The van der Waals surface area contributed by atoms with Gasteiger partial charge < -0.3 is 9.84 Å². The van der Waals surface area contributed by atoms with Crippen LogP contribution >= 0.6 is 22.6 Å². The molecular weight excluding hydrogens is 503 g/mol. The number of rotatable bonds is 7. The molecule has 0 unspecified atom stereocenters. The molecule has 0 heterocycles. The highest BCUT2D eigenvalue weighted by molar-refractivity contribution is 14.1. The van der Waals surface area contributed by atoms with Gasteiger partial charge in [-0.15, -0.1) is 0 Å². The number of carboxylic acids is 1. The number of hydrogen-bond donors (Lipinski definition) is 1. The van der Waals surface area contributed by atoms with E-state index in [4.69, 9.17) is 20.4 Å². The standard InChI is InChI=1S/C25H17IN2O3/c26-23-13-19(14-25(29)30)5-10-24(23)31-12-11-22(20-6-1-17(15-27)2-7-20)21-8-3-18(16-28)4-9-21/h1-11,13H,12,14H2,(H,29,30). The third-order valence-electron chi connectivity index (χ3n) is 4.53. The first-order valence-electron chi connectivity index (χ1n) is 9.34. The van der Waals surface area contributed by atoms with Gasteiger partial charge in [0.1, 0.15) is 12.4 Å². The summed E-state index contributed by atoms with van der Waals surface area (Å²) in [6.45, 7) is 0.295. The molecule has 152 valence electrons. The summed E-state index contributed by atoms with van der Waals surface area (Å²) < 4.78 is 6.76. The molecule has 0 aromatic heterocycles. The first kappa shape index (κ1) is 22.1. The van der Waals surface area contributed by atoms with Gasteiger partial charge in [0.15, 0.2) is 0 Å². The number of nitriles is 2. The number of hydrogen-bond acceptors (Lipinski definition) is 4. The second kappa shape index (κ2) is 10.4. The molecule has 0 atom stereocenters. The van der Waals surface area contributed by atoms with E-state index < -0.39 is 5.97 Å². The van der Waals surface area contributed by atoms with Gasteiger partial charge in [0.25, 0.3) is 0 Å². The molecule has 31 heavy (non-hydrogen) atoms. The van der Waals surface area contributed by atoms with E-state index >= 15 is 0 Å². The molecule has 1 N–H and O–H groups in total. The van der Waals surface area contributed by atoms with Crippen LogP contribution in [0.25, 0.3) is 5.57 Å². The zero-order valence-corrected chi connectivity index (χ0v) is 18.5. The number of nitrogens with zero attached hydrogens (tertiary/aromatic N) is 2. The van der Waals surface area contributed by atoms with Crippen molar-refractivity contribution in [2.75, 3.05) is 6.61 Å². The van der Waals surface area contributed by atoms with Crippen LogP contribution in [0, 0.1) is 26.2 Å². The summed E-state index contributed by atoms with van der Waals surface area (Å²) >= 11 is 2.13. The Bertz CT molecular complexity index is 1140. The van der Waals surface area contributed by atoms with Gasteiger partial charge in [-0.2, -0.15) is 10.5 Å². The van der Waals surface area contributed by atoms with E-state index in [1.807, 2.05) is 30.3 Å². The van der Waals surface area contributed by atoms with E-state index in [-0.39, 0.29) is 6.42 Å². The minimum atomic E-state index is -0.873. The Labute approximate surface area is 194 Å². The fraction of sp³-hybridized carbons (Fsp3) is 0.0800. The molecule has 0 saturated carbocycles. The number of aliphatic carboxylic acids is 1. The normalized spacial score (nSPS) is 9.90. The molecule has 0 radical (unpaired) electrons. The first-order chi connectivity index (χ1) is 15.0. The van der Waals surface area contributed by atoms with Crippen molar-refractivity contribution in [3.8, 4) is 17.9 Å². The molecule has 0 saturated heterocycles. The number of carboxylic acid groups (broad SMARTS) is 1. The quantitative estimate of drug-likeness (QED) is 0.434. The van der Waals surface area contributed by atoms with E-state index in [2.05, 4.69) is 34.7 Å². The van der Waals surface area contributed by atoms with Crippen LogP contribution < -0.4 is 4.74 Å². The van der Waals surface area contributed by atoms with Gasteiger partial charge >= 0.3 is 5.97 Å². The van der Waals surface area contributed by atoms with Crippen molar-refractivity contribution >= 4 is 34.1 Å². The van der Waals surface area contributed by atoms with Crippen LogP contribution in [0.3, 0.4) is 0 Å². The van der Waals surface area contributed by atoms with Crippen molar-refractivity contribution < 1.29 is 14.6 Å². The highest BCUT2D eigenvalue weighted by Gasteiger charge is 2.08. The summed E-state index contributed by atoms with van der Waals surface area (Å²) in [5, 5.41) is 27.0. The van der Waals surface area contributed by atoms with E-state index in [1.165, 1.54) is 0 Å². The van der Waals surface area contributed by atoms with Gasteiger partial charge in [0.2, 0.25) is 0 Å². The Kier molecular flexibility index (Phi) is 7.42. The molecule has 3 rings (SSSR count). The zero-order chi connectivity index (χ0) is 22.2. The van der Waals surface area contributed by atoms with Crippen molar-refractivity contribution in [2.24, 2.45) is 0 Å². The van der Waals surface area contributed by atoms with Gasteiger partial charge in [0.05, 0.1) is 33.3 Å². The van der Waals surface area contributed by atoms with Crippen molar-refractivity contribution in [3.63, 3.8) is 0 Å². The Morgan fingerprint density at radius 2 is 1.48 bits per heavy atom. The van der Waals surface area contributed by atoms with Crippen molar-refractivity contribution in [3.05, 3.63) is 104 Å². The van der Waals surface area contributed by atoms with Crippen LogP contribution in [0.4, 0.5) is 0 Å². The van der Waals surface area contributed by atoms with Gasteiger partial charge in [-0.25, -0.2) is 0 Å². The van der Waals surface area contributed by atoms with Crippen molar-refractivity contribution in [1.29, 1.82) is 10.5 Å². The van der Waals surface area contributed by atoms with Crippen molar-refractivity contribution in [2.45, 2.75) is 6.42 Å². The molecule has 3 aromatic rings. The van der Waals surface area contributed by atoms with Crippen LogP contribution in [0.1, 0.15) is 27.8 Å². The van der Waals surface area contributed by atoms with Gasteiger partial charge in [-0.3, -0.25) is 4.79 Å². The molecule has 0 fully saturated rings. The lowest BCUT2D eigenvalue weighted by Gasteiger charge is -2.11. The smallest absolute Gasteiger partial charge is 0.307 e. The average molecular weight is 520 g/mol. The maximum atomic E-state index is 10.9. The van der Waals surface area contributed by atoms with Crippen molar-refractivity contribution in [1.82, 2.24) is 0 Å². The second-order valence-corrected chi connectivity index (χ2v) is 7.80. The highest BCUT2D eigenvalue weighted by Crippen LogP contribution is 2.26. The van der Waals surface area contributed by atoms with Crippen LogP contribution in [0.2, 0.25) is 0 Å². The van der Waals surface area contributed by atoms with Crippen LogP contribution in [-0.2, 0) is 11.2 Å². The number of carbonyl (C=O) groups is 1. The Morgan fingerprint density at radius 1 is 0.935 bits per heavy atom. The lowest BCUT2D eigenvalue weighted by atomic mass is 9.96. The largest absolute Gasteiger partial charge is 0.488 e. The highest BCUT2D eigenvalue weighted by atomic mass is 127. The fourth-order valence-corrected chi connectivity index (χ4v) is 3.75. The number of ether oxygens (including phenoxy) is 1. The third-order valence-corrected chi connectivity index (χ3v) is 5.37. The van der Waals surface area contributed by atoms with Crippen LogP contribution in [-0.4, -0.2) is 17.7 Å². The maximum Gasteiger partial charge on any atom is 0.307 e. The first-order valence-corrected chi connectivity index (χ1v) is 10.4. The zero-order valence-electron chi connectivity index (χ0n) is 16.4. The Morgan fingerprint density at radius 3 is 1.94 bits per heavy atom. The molecule has 0 aliphatic carbocycles. The van der Waals surface area contributed by atoms with Gasteiger partial charge in [-0.05, 0) is 87.3 Å². The lowest BCUT2D eigenvalue weighted by molar-refractivity contribution is -0.136. The predicted octanol–water partition coefficient (Wildman–Crippen LogP) is 5.17.